The molecule has 1 N–H and O–H groups in total. The van der Waals surface area contributed by atoms with Crippen LogP contribution in [0.5, 0.6) is 11.5 Å². The van der Waals surface area contributed by atoms with E-state index in [1.807, 2.05) is 12.1 Å². The largest absolute Gasteiger partial charge is 0.497 e. The Morgan fingerprint density at radius 2 is 1.56 bits per heavy atom. The quantitative estimate of drug-likeness (QED) is 0.451. The summed E-state index contributed by atoms with van der Waals surface area (Å²) in [5.41, 5.74) is 1.46. The third kappa shape index (κ3) is 5.07. The van der Waals surface area contributed by atoms with Crippen LogP contribution in [0.3, 0.4) is 0 Å². The van der Waals surface area contributed by atoms with Crippen molar-refractivity contribution >= 4 is 11.6 Å². The van der Waals surface area contributed by atoms with Gasteiger partial charge in [-0.3, -0.25) is 4.79 Å². The first-order chi connectivity index (χ1) is 15.5. The number of amides is 1. The van der Waals surface area contributed by atoms with Crippen molar-refractivity contribution in [2.75, 3.05) is 19.0 Å². The number of aromatic nitrogens is 2. The van der Waals surface area contributed by atoms with Gasteiger partial charge in [-0.25, -0.2) is 8.78 Å². The zero-order chi connectivity index (χ0) is 22.5. The molecule has 0 spiro atoms. The Bertz CT molecular complexity index is 1200. The number of methoxy groups -OCH3 is 1. The lowest BCUT2D eigenvalue weighted by molar-refractivity contribution is -0.118. The van der Waals surface area contributed by atoms with Crippen molar-refractivity contribution in [3.63, 3.8) is 0 Å². The first-order valence-corrected chi connectivity index (χ1v) is 9.47. The van der Waals surface area contributed by atoms with E-state index in [4.69, 9.17) is 14.0 Å². The van der Waals surface area contributed by atoms with E-state index >= 15 is 0 Å². The molecule has 0 saturated heterocycles. The van der Waals surface area contributed by atoms with E-state index in [0.717, 1.165) is 29.5 Å². The molecule has 4 rings (SSSR count). The Morgan fingerprint density at radius 3 is 2.22 bits per heavy atom. The smallest absolute Gasteiger partial charge is 0.262 e. The summed E-state index contributed by atoms with van der Waals surface area (Å²) in [7, 11) is 1.59. The molecule has 0 aliphatic heterocycles. The molecule has 162 valence electrons. The van der Waals surface area contributed by atoms with Gasteiger partial charge in [-0.05, 0) is 60.7 Å². The molecule has 1 aromatic heterocycles. The number of hydrogen-bond donors (Lipinski definition) is 1. The Hall–Kier alpha value is -4.27. The first-order valence-electron chi connectivity index (χ1n) is 9.47. The van der Waals surface area contributed by atoms with Crippen LogP contribution in [-0.2, 0) is 4.79 Å². The second-order valence-electron chi connectivity index (χ2n) is 6.67. The van der Waals surface area contributed by atoms with Gasteiger partial charge in [0.25, 0.3) is 11.8 Å². The molecule has 1 heterocycles. The van der Waals surface area contributed by atoms with Gasteiger partial charge in [0.15, 0.2) is 6.61 Å². The van der Waals surface area contributed by atoms with Crippen LogP contribution in [-0.4, -0.2) is 29.8 Å². The van der Waals surface area contributed by atoms with E-state index in [2.05, 4.69) is 15.5 Å². The number of carbonyl (C=O) groups excluding carboxylic acids is 1. The number of nitrogens with zero attached hydrogens (tertiary/aromatic N) is 2. The highest BCUT2D eigenvalue weighted by molar-refractivity contribution is 5.91. The van der Waals surface area contributed by atoms with Crippen molar-refractivity contribution in [2.24, 2.45) is 0 Å². The molecule has 0 saturated carbocycles. The van der Waals surface area contributed by atoms with Gasteiger partial charge >= 0.3 is 0 Å². The van der Waals surface area contributed by atoms with Crippen LogP contribution in [0.4, 0.5) is 14.5 Å². The third-order valence-electron chi connectivity index (χ3n) is 4.39. The first kappa shape index (κ1) is 21.0. The van der Waals surface area contributed by atoms with Crippen LogP contribution in [0.25, 0.3) is 22.8 Å². The Labute approximate surface area is 181 Å². The predicted molar refractivity (Wildman–Crippen MR) is 112 cm³/mol. The number of halogens is 2. The molecule has 0 unspecified atom stereocenters. The molecule has 32 heavy (non-hydrogen) atoms. The normalized spacial score (nSPS) is 10.6. The minimum Gasteiger partial charge on any atom is -0.497 e. The van der Waals surface area contributed by atoms with Crippen molar-refractivity contribution in [3.8, 4) is 34.3 Å². The summed E-state index contributed by atoms with van der Waals surface area (Å²) >= 11 is 0. The fourth-order valence-electron chi connectivity index (χ4n) is 2.86. The van der Waals surface area contributed by atoms with Crippen molar-refractivity contribution < 1.29 is 27.6 Å². The lowest BCUT2D eigenvalue weighted by atomic mass is 10.2. The topological polar surface area (TPSA) is 86.5 Å². The number of anilines is 1. The van der Waals surface area contributed by atoms with E-state index in [-0.39, 0.29) is 12.3 Å². The van der Waals surface area contributed by atoms with Crippen LogP contribution in [0.1, 0.15) is 0 Å². The van der Waals surface area contributed by atoms with E-state index in [1.165, 1.54) is 0 Å². The average Bonchev–Trinajstić information content (AvgIpc) is 3.28. The molecule has 0 atom stereocenters. The molecule has 0 aliphatic rings. The van der Waals surface area contributed by atoms with Crippen molar-refractivity contribution in [2.45, 2.75) is 0 Å². The molecular formula is C23H17F2N3O4. The minimum atomic E-state index is -0.784. The summed E-state index contributed by atoms with van der Waals surface area (Å²) < 4.78 is 42.3. The highest BCUT2D eigenvalue weighted by Gasteiger charge is 2.12. The molecule has 0 aliphatic carbocycles. The third-order valence-corrected chi connectivity index (χ3v) is 4.39. The fraction of sp³-hybridized carbons (Fsp3) is 0.0870. The van der Waals surface area contributed by atoms with Crippen LogP contribution in [0.15, 0.2) is 71.3 Å². The maximum Gasteiger partial charge on any atom is 0.262 e. The second-order valence-corrected chi connectivity index (χ2v) is 6.67. The number of benzene rings is 3. The average molecular weight is 437 g/mol. The van der Waals surface area contributed by atoms with Gasteiger partial charge in [-0.15, -0.1) is 0 Å². The van der Waals surface area contributed by atoms with Gasteiger partial charge in [0, 0.05) is 22.9 Å². The van der Waals surface area contributed by atoms with E-state index in [9.17, 15) is 13.6 Å². The highest BCUT2D eigenvalue weighted by atomic mass is 19.1. The van der Waals surface area contributed by atoms with Crippen LogP contribution in [0, 0.1) is 11.6 Å². The molecule has 1 amide bonds. The summed E-state index contributed by atoms with van der Waals surface area (Å²) in [6.07, 6.45) is 0. The predicted octanol–water partition coefficient (Wildman–Crippen LogP) is 4.71. The number of carbonyl (C=O) groups is 1. The second kappa shape index (κ2) is 9.25. The lowest BCUT2D eigenvalue weighted by Gasteiger charge is -2.08. The van der Waals surface area contributed by atoms with Gasteiger partial charge in [-0.2, -0.15) is 4.98 Å². The number of hydrogen-bond acceptors (Lipinski definition) is 6. The van der Waals surface area contributed by atoms with Gasteiger partial charge in [-0.1, -0.05) is 5.16 Å². The van der Waals surface area contributed by atoms with Crippen LogP contribution >= 0.6 is 0 Å². The standard InChI is InChI=1S/C23H17F2N3O4/c1-30-19-6-2-14(3-7-19)22-27-23(32-28-22)15-4-8-20(9-5-15)31-13-21(29)26-18-11-16(24)10-17(25)12-18/h2-12H,13H2,1H3,(H,26,29). The summed E-state index contributed by atoms with van der Waals surface area (Å²) in [5.74, 6) is -0.211. The Kier molecular flexibility index (Phi) is 6.07. The molecule has 0 radical (unpaired) electrons. The Morgan fingerprint density at radius 1 is 0.938 bits per heavy atom. The summed E-state index contributed by atoms with van der Waals surface area (Å²) in [4.78, 5) is 16.3. The molecule has 9 heteroatoms. The zero-order valence-corrected chi connectivity index (χ0v) is 16.8. The summed E-state index contributed by atoms with van der Waals surface area (Å²) in [5, 5.41) is 6.36. The lowest BCUT2D eigenvalue weighted by Crippen LogP contribution is -2.20. The maximum absolute atomic E-state index is 13.2. The summed E-state index contributed by atoms with van der Waals surface area (Å²) in [6.45, 7) is -0.334. The van der Waals surface area contributed by atoms with E-state index in [1.54, 1.807) is 43.5 Å². The van der Waals surface area contributed by atoms with E-state index < -0.39 is 17.5 Å². The van der Waals surface area contributed by atoms with Gasteiger partial charge in [0.1, 0.15) is 23.1 Å². The van der Waals surface area contributed by atoms with Crippen LogP contribution in [0.2, 0.25) is 0 Å². The van der Waals surface area contributed by atoms with Gasteiger partial charge < -0.3 is 19.3 Å². The van der Waals surface area contributed by atoms with Gasteiger partial charge in [0.2, 0.25) is 5.82 Å². The Balaban J connectivity index is 1.36. The van der Waals surface area contributed by atoms with Crippen molar-refractivity contribution in [3.05, 3.63) is 78.4 Å². The van der Waals surface area contributed by atoms with E-state index in [0.29, 0.717) is 23.0 Å². The van der Waals surface area contributed by atoms with Crippen LogP contribution < -0.4 is 14.8 Å². The van der Waals surface area contributed by atoms with Crippen molar-refractivity contribution in [1.29, 1.82) is 0 Å². The van der Waals surface area contributed by atoms with Gasteiger partial charge in [0.05, 0.1) is 7.11 Å². The highest BCUT2D eigenvalue weighted by Crippen LogP contribution is 2.25. The monoisotopic (exact) mass is 437 g/mol. The molecule has 3 aromatic carbocycles. The molecule has 0 bridgehead atoms. The molecule has 0 fully saturated rings. The summed E-state index contributed by atoms with van der Waals surface area (Å²) in [6, 6.07) is 16.7. The maximum atomic E-state index is 13.2. The number of ether oxygens (including phenoxy) is 2. The number of rotatable bonds is 7. The minimum absolute atomic E-state index is 0.00973. The molecule has 4 aromatic rings. The molecule has 7 nitrogen and oxygen atoms in total. The fourth-order valence-corrected chi connectivity index (χ4v) is 2.86. The SMILES string of the molecule is COc1ccc(-c2noc(-c3ccc(OCC(=O)Nc4cc(F)cc(F)c4)cc3)n2)cc1. The zero-order valence-electron chi connectivity index (χ0n) is 16.8. The number of nitrogens with one attached hydrogen (secondary N) is 1. The van der Waals surface area contributed by atoms with Crippen molar-refractivity contribution in [1.82, 2.24) is 10.1 Å². The molecular weight excluding hydrogens is 420 g/mol.